The van der Waals surface area contributed by atoms with Gasteiger partial charge in [0.15, 0.2) is 0 Å². The number of rotatable bonds is 5. The zero-order chi connectivity index (χ0) is 16.7. The molecule has 1 aliphatic heterocycles. The van der Waals surface area contributed by atoms with Crippen molar-refractivity contribution in [1.82, 2.24) is 14.7 Å². The van der Waals surface area contributed by atoms with E-state index in [0.717, 1.165) is 18.7 Å². The fourth-order valence-electron chi connectivity index (χ4n) is 2.67. The van der Waals surface area contributed by atoms with Crippen LogP contribution in [0.4, 0.5) is 4.79 Å². The van der Waals surface area contributed by atoms with Crippen molar-refractivity contribution in [3.8, 4) is 0 Å². The third-order valence-electron chi connectivity index (χ3n) is 3.90. The van der Waals surface area contributed by atoms with Crippen molar-refractivity contribution in [2.45, 2.75) is 12.7 Å². The molecule has 2 amide bonds. The van der Waals surface area contributed by atoms with E-state index in [1.807, 2.05) is 30.3 Å². The van der Waals surface area contributed by atoms with Crippen LogP contribution in [0.25, 0.3) is 0 Å². The Balaban J connectivity index is 1.72. The Morgan fingerprint density at radius 1 is 1.26 bits per heavy atom. The van der Waals surface area contributed by atoms with Gasteiger partial charge in [-0.25, -0.2) is 4.79 Å². The Hall–Kier alpha value is -1.63. The summed E-state index contributed by atoms with van der Waals surface area (Å²) < 4.78 is 5.70. The zero-order valence-electron chi connectivity index (χ0n) is 14.0. The van der Waals surface area contributed by atoms with E-state index in [1.165, 1.54) is 0 Å². The van der Waals surface area contributed by atoms with Gasteiger partial charge < -0.3 is 19.6 Å². The number of carbonyl (C=O) groups is 1. The molecular weight excluding hydrogens is 294 g/mol. The Kier molecular flexibility index (Phi) is 6.83. The van der Waals surface area contributed by atoms with E-state index in [9.17, 15) is 9.90 Å². The van der Waals surface area contributed by atoms with Crippen molar-refractivity contribution >= 4 is 6.03 Å². The van der Waals surface area contributed by atoms with Gasteiger partial charge in [0.2, 0.25) is 0 Å². The van der Waals surface area contributed by atoms with Gasteiger partial charge in [-0.05, 0) is 5.56 Å². The van der Waals surface area contributed by atoms with Crippen molar-refractivity contribution in [2.24, 2.45) is 0 Å². The fraction of sp³-hybridized carbons (Fsp3) is 0.588. The first-order valence-electron chi connectivity index (χ1n) is 8.04. The number of nitrogens with zero attached hydrogens (tertiary/aromatic N) is 3. The van der Waals surface area contributed by atoms with Gasteiger partial charge in [-0.2, -0.15) is 0 Å². The van der Waals surface area contributed by atoms with Gasteiger partial charge in [-0.1, -0.05) is 30.3 Å². The first-order chi connectivity index (χ1) is 11.1. The molecule has 1 unspecified atom stereocenters. The van der Waals surface area contributed by atoms with Crippen LogP contribution in [0.15, 0.2) is 30.3 Å². The van der Waals surface area contributed by atoms with Crippen molar-refractivity contribution in [3.63, 3.8) is 0 Å². The van der Waals surface area contributed by atoms with Crippen molar-refractivity contribution in [3.05, 3.63) is 35.9 Å². The standard InChI is InChI=1S/C17H27N3O3/c1-18(2)17(22)20-9-8-19(12-16(21)13-20)10-11-23-14-15-6-4-3-5-7-15/h3-7,16,21H,8-14H2,1-2H3. The molecule has 0 saturated carbocycles. The molecule has 1 aromatic carbocycles. The lowest BCUT2D eigenvalue weighted by Gasteiger charge is -2.25. The number of aliphatic hydroxyl groups is 1. The monoisotopic (exact) mass is 321 g/mol. The predicted octanol–water partition coefficient (Wildman–Crippen LogP) is 0.863. The largest absolute Gasteiger partial charge is 0.390 e. The average molecular weight is 321 g/mol. The number of carbonyl (C=O) groups excluding carboxylic acids is 1. The topological polar surface area (TPSA) is 56.3 Å². The summed E-state index contributed by atoms with van der Waals surface area (Å²) in [5, 5.41) is 10.1. The molecule has 128 valence electrons. The van der Waals surface area contributed by atoms with Crippen LogP contribution in [0.2, 0.25) is 0 Å². The third-order valence-corrected chi connectivity index (χ3v) is 3.90. The second kappa shape index (κ2) is 8.86. The van der Waals surface area contributed by atoms with Crippen LogP contribution in [0.5, 0.6) is 0 Å². The van der Waals surface area contributed by atoms with Gasteiger partial charge in [-0.15, -0.1) is 0 Å². The molecule has 1 heterocycles. The van der Waals surface area contributed by atoms with E-state index >= 15 is 0 Å². The van der Waals surface area contributed by atoms with Gasteiger partial charge in [0.05, 0.1) is 19.3 Å². The molecule has 1 aromatic rings. The highest BCUT2D eigenvalue weighted by Gasteiger charge is 2.24. The molecule has 23 heavy (non-hydrogen) atoms. The minimum absolute atomic E-state index is 0.0498. The van der Waals surface area contributed by atoms with Crippen LogP contribution in [0, 0.1) is 0 Å². The molecule has 1 atom stereocenters. The minimum Gasteiger partial charge on any atom is -0.390 e. The molecule has 0 spiro atoms. The fourth-order valence-corrected chi connectivity index (χ4v) is 2.67. The number of aliphatic hydroxyl groups excluding tert-OH is 1. The Morgan fingerprint density at radius 2 is 2.00 bits per heavy atom. The molecule has 2 rings (SSSR count). The SMILES string of the molecule is CN(C)C(=O)N1CCN(CCOCc2ccccc2)CC(O)C1. The number of β-amino-alcohol motifs (C(OH)–C–C–N with tert-alkyl or cyclic N) is 1. The second-order valence-corrected chi connectivity index (χ2v) is 6.12. The average Bonchev–Trinajstić information content (AvgIpc) is 2.73. The van der Waals surface area contributed by atoms with E-state index in [0.29, 0.717) is 32.8 Å². The smallest absolute Gasteiger partial charge is 0.319 e. The van der Waals surface area contributed by atoms with Crippen molar-refractivity contribution in [1.29, 1.82) is 0 Å². The number of hydrogen-bond donors (Lipinski definition) is 1. The summed E-state index contributed by atoms with van der Waals surface area (Å²) in [5.41, 5.74) is 1.16. The predicted molar refractivity (Wildman–Crippen MR) is 89.2 cm³/mol. The zero-order valence-corrected chi connectivity index (χ0v) is 14.0. The van der Waals surface area contributed by atoms with Gasteiger partial charge in [-0.3, -0.25) is 4.90 Å². The van der Waals surface area contributed by atoms with Crippen LogP contribution in [-0.2, 0) is 11.3 Å². The molecule has 0 radical (unpaired) electrons. The van der Waals surface area contributed by atoms with Crippen LogP contribution in [0.3, 0.4) is 0 Å². The molecule has 6 nitrogen and oxygen atoms in total. The van der Waals surface area contributed by atoms with E-state index < -0.39 is 6.10 Å². The van der Waals surface area contributed by atoms with Crippen molar-refractivity contribution in [2.75, 3.05) is 53.4 Å². The lowest BCUT2D eigenvalue weighted by atomic mass is 10.2. The van der Waals surface area contributed by atoms with E-state index in [-0.39, 0.29) is 6.03 Å². The first-order valence-corrected chi connectivity index (χ1v) is 8.04. The van der Waals surface area contributed by atoms with E-state index in [1.54, 1.807) is 23.9 Å². The maximum Gasteiger partial charge on any atom is 0.319 e. The van der Waals surface area contributed by atoms with Gasteiger partial charge >= 0.3 is 6.03 Å². The molecule has 0 aliphatic carbocycles. The van der Waals surface area contributed by atoms with E-state index in [2.05, 4.69) is 4.90 Å². The molecule has 1 fully saturated rings. The van der Waals surface area contributed by atoms with Gasteiger partial charge in [0, 0.05) is 46.8 Å². The highest BCUT2D eigenvalue weighted by atomic mass is 16.5. The maximum absolute atomic E-state index is 12.0. The number of benzene rings is 1. The minimum atomic E-state index is -0.518. The highest BCUT2D eigenvalue weighted by Crippen LogP contribution is 2.06. The Bertz CT molecular complexity index is 481. The molecule has 1 saturated heterocycles. The second-order valence-electron chi connectivity index (χ2n) is 6.12. The lowest BCUT2D eigenvalue weighted by Crippen LogP contribution is -2.43. The molecule has 1 aliphatic rings. The summed E-state index contributed by atoms with van der Waals surface area (Å²) in [5.74, 6) is 0. The number of hydrogen-bond acceptors (Lipinski definition) is 4. The van der Waals surface area contributed by atoms with Crippen molar-refractivity contribution < 1.29 is 14.6 Å². The maximum atomic E-state index is 12.0. The quantitative estimate of drug-likeness (QED) is 0.818. The van der Waals surface area contributed by atoms with Crippen LogP contribution >= 0.6 is 0 Å². The normalized spacial score (nSPS) is 19.4. The first kappa shape index (κ1) is 17.7. The Labute approximate surface area is 138 Å². The molecular formula is C17H27N3O3. The molecule has 0 bridgehead atoms. The summed E-state index contributed by atoms with van der Waals surface area (Å²) in [7, 11) is 3.46. The van der Waals surface area contributed by atoms with Gasteiger partial charge in [0.25, 0.3) is 0 Å². The number of amides is 2. The Morgan fingerprint density at radius 3 is 2.70 bits per heavy atom. The molecule has 0 aromatic heterocycles. The van der Waals surface area contributed by atoms with Crippen LogP contribution in [-0.4, -0.2) is 85.4 Å². The molecule has 6 heteroatoms. The van der Waals surface area contributed by atoms with Crippen LogP contribution in [0.1, 0.15) is 5.56 Å². The summed E-state index contributed by atoms with van der Waals surface area (Å²) >= 11 is 0. The molecule has 1 N–H and O–H groups in total. The summed E-state index contributed by atoms with van der Waals surface area (Å²) in [6, 6.07) is 10.0. The summed E-state index contributed by atoms with van der Waals surface area (Å²) in [4.78, 5) is 17.4. The lowest BCUT2D eigenvalue weighted by molar-refractivity contribution is 0.0737. The summed E-state index contributed by atoms with van der Waals surface area (Å²) in [6.45, 7) is 4.32. The third kappa shape index (κ3) is 5.82. The van der Waals surface area contributed by atoms with Gasteiger partial charge in [0.1, 0.15) is 0 Å². The van der Waals surface area contributed by atoms with E-state index in [4.69, 9.17) is 4.74 Å². The van der Waals surface area contributed by atoms with Crippen LogP contribution < -0.4 is 0 Å². The number of ether oxygens (including phenoxy) is 1. The highest BCUT2D eigenvalue weighted by molar-refractivity contribution is 5.73. The summed E-state index contributed by atoms with van der Waals surface area (Å²) in [6.07, 6.45) is -0.518. The number of urea groups is 1.